The molecule has 13 heavy (non-hydrogen) atoms. The van der Waals surface area contributed by atoms with Crippen LogP contribution in [-0.4, -0.2) is 12.5 Å². The van der Waals surface area contributed by atoms with Crippen molar-refractivity contribution in [3.8, 4) is 6.07 Å². The minimum Gasteiger partial charge on any atom is -0.339 e. The number of benzene rings is 1. The average Bonchev–Trinajstić information content (AvgIpc) is 2.15. The van der Waals surface area contributed by atoms with Crippen molar-refractivity contribution in [2.45, 2.75) is 0 Å². The maximum atomic E-state index is 12.4. The third-order valence-corrected chi connectivity index (χ3v) is 1.43. The first kappa shape index (κ1) is 9.20. The first-order chi connectivity index (χ1) is 6.24. The average molecular weight is 178 g/mol. The SMILES string of the molecule is N#CCNC(=O)c1ccc(F)cc1. The maximum absolute atomic E-state index is 12.4. The third kappa shape index (κ3) is 2.56. The third-order valence-electron chi connectivity index (χ3n) is 1.43. The number of hydrogen-bond acceptors (Lipinski definition) is 2. The van der Waals surface area contributed by atoms with E-state index >= 15 is 0 Å². The van der Waals surface area contributed by atoms with Gasteiger partial charge in [0.15, 0.2) is 0 Å². The van der Waals surface area contributed by atoms with Crippen LogP contribution >= 0.6 is 0 Å². The Morgan fingerprint density at radius 1 is 1.46 bits per heavy atom. The Hall–Kier alpha value is -1.89. The van der Waals surface area contributed by atoms with E-state index in [0.29, 0.717) is 5.56 Å². The second kappa shape index (κ2) is 4.21. The molecule has 0 aliphatic rings. The van der Waals surface area contributed by atoms with E-state index < -0.39 is 5.82 Å². The zero-order chi connectivity index (χ0) is 9.68. The Kier molecular flexibility index (Phi) is 2.98. The smallest absolute Gasteiger partial charge is 0.252 e. The lowest BCUT2D eigenvalue weighted by Crippen LogP contribution is -2.23. The van der Waals surface area contributed by atoms with Gasteiger partial charge in [-0.15, -0.1) is 0 Å². The second-order valence-corrected chi connectivity index (χ2v) is 2.35. The molecule has 0 atom stereocenters. The Morgan fingerprint density at radius 2 is 2.08 bits per heavy atom. The maximum Gasteiger partial charge on any atom is 0.252 e. The van der Waals surface area contributed by atoms with E-state index in [1.165, 1.54) is 24.3 Å². The molecule has 0 saturated heterocycles. The molecule has 0 saturated carbocycles. The van der Waals surface area contributed by atoms with Gasteiger partial charge in [0.1, 0.15) is 12.4 Å². The number of rotatable bonds is 2. The van der Waals surface area contributed by atoms with Crippen LogP contribution in [0.15, 0.2) is 24.3 Å². The van der Waals surface area contributed by atoms with Crippen molar-refractivity contribution in [1.82, 2.24) is 5.32 Å². The summed E-state index contributed by atoms with van der Waals surface area (Å²) >= 11 is 0. The summed E-state index contributed by atoms with van der Waals surface area (Å²) in [4.78, 5) is 11.1. The quantitative estimate of drug-likeness (QED) is 0.689. The Bertz CT molecular complexity index is 340. The van der Waals surface area contributed by atoms with Crippen molar-refractivity contribution >= 4 is 5.91 Å². The zero-order valence-electron chi connectivity index (χ0n) is 6.75. The number of halogens is 1. The van der Waals surface area contributed by atoms with Gasteiger partial charge in [-0.2, -0.15) is 5.26 Å². The lowest BCUT2D eigenvalue weighted by molar-refractivity contribution is 0.0958. The van der Waals surface area contributed by atoms with Crippen molar-refractivity contribution in [2.75, 3.05) is 6.54 Å². The molecule has 0 aromatic heterocycles. The molecule has 0 aliphatic carbocycles. The minimum absolute atomic E-state index is 0.0454. The summed E-state index contributed by atoms with van der Waals surface area (Å²) in [5, 5.41) is 10.5. The molecule has 0 radical (unpaired) electrons. The number of nitrogens with one attached hydrogen (secondary N) is 1. The van der Waals surface area contributed by atoms with Gasteiger partial charge in [0.25, 0.3) is 5.91 Å². The predicted octanol–water partition coefficient (Wildman–Crippen LogP) is 1.08. The number of nitriles is 1. The number of carbonyl (C=O) groups excluding carboxylic acids is 1. The van der Waals surface area contributed by atoms with E-state index in [1.54, 1.807) is 6.07 Å². The van der Waals surface area contributed by atoms with E-state index in [4.69, 9.17) is 5.26 Å². The predicted molar refractivity (Wildman–Crippen MR) is 44.3 cm³/mol. The van der Waals surface area contributed by atoms with Crippen LogP contribution in [0.3, 0.4) is 0 Å². The van der Waals surface area contributed by atoms with Crippen molar-refractivity contribution in [3.63, 3.8) is 0 Å². The van der Waals surface area contributed by atoms with E-state index in [2.05, 4.69) is 5.32 Å². The molecular formula is C9H7FN2O. The van der Waals surface area contributed by atoms with Gasteiger partial charge in [-0.1, -0.05) is 0 Å². The zero-order valence-corrected chi connectivity index (χ0v) is 6.75. The van der Waals surface area contributed by atoms with Crippen molar-refractivity contribution in [1.29, 1.82) is 5.26 Å². The summed E-state index contributed by atoms with van der Waals surface area (Å²) in [6.45, 7) is -0.0454. The van der Waals surface area contributed by atoms with Gasteiger partial charge in [0.2, 0.25) is 0 Å². The summed E-state index contributed by atoms with van der Waals surface area (Å²) in [6.07, 6.45) is 0. The molecule has 0 spiro atoms. The largest absolute Gasteiger partial charge is 0.339 e. The molecule has 0 bridgehead atoms. The van der Waals surface area contributed by atoms with Crippen LogP contribution in [0.2, 0.25) is 0 Å². The van der Waals surface area contributed by atoms with Gasteiger partial charge < -0.3 is 5.32 Å². The van der Waals surface area contributed by atoms with Crippen LogP contribution in [0.5, 0.6) is 0 Å². The standard InChI is InChI=1S/C9H7FN2O/c10-8-3-1-7(2-4-8)9(13)12-6-5-11/h1-4H,6H2,(H,12,13). The van der Waals surface area contributed by atoms with Gasteiger partial charge in [-0.3, -0.25) is 4.79 Å². The molecule has 0 heterocycles. The van der Waals surface area contributed by atoms with Crippen LogP contribution in [0.25, 0.3) is 0 Å². The highest BCUT2D eigenvalue weighted by atomic mass is 19.1. The fourth-order valence-electron chi connectivity index (χ4n) is 0.823. The Balaban J connectivity index is 2.68. The summed E-state index contributed by atoms with van der Waals surface area (Å²) in [6, 6.07) is 6.89. The Labute approximate surface area is 74.8 Å². The lowest BCUT2D eigenvalue weighted by Gasteiger charge is -1.99. The first-order valence-electron chi connectivity index (χ1n) is 3.65. The molecule has 1 N–H and O–H groups in total. The van der Waals surface area contributed by atoms with Gasteiger partial charge in [0, 0.05) is 5.56 Å². The van der Waals surface area contributed by atoms with Crippen molar-refractivity contribution in [2.24, 2.45) is 0 Å². The van der Waals surface area contributed by atoms with E-state index in [9.17, 15) is 9.18 Å². The van der Waals surface area contributed by atoms with E-state index in [1.807, 2.05) is 0 Å². The molecule has 0 aliphatic heterocycles. The highest BCUT2D eigenvalue weighted by Crippen LogP contribution is 2.01. The van der Waals surface area contributed by atoms with Crippen molar-refractivity contribution in [3.05, 3.63) is 35.6 Å². The minimum atomic E-state index is -0.392. The molecule has 3 nitrogen and oxygen atoms in total. The number of amides is 1. The van der Waals surface area contributed by atoms with E-state index in [0.717, 1.165) is 0 Å². The number of nitrogens with zero attached hydrogens (tertiary/aromatic N) is 1. The fraction of sp³-hybridized carbons (Fsp3) is 0.111. The summed E-state index contributed by atoms with van der Waals surface area (Å²) < 4.78 is 12.4. The summed E-state index contributed by atoms with van der Waals surface area (Å²) in [7, 11) is 0. The molecule has 1 aromatic rings. The molecule has 1 rings (SSSR count). The molecule has 1 aromatic carbocycles. The van der Waals surface area contributed by atoms with E-state index in [-0.39, 0.29) is 12.5 Å². The molecule has 66 valence electrons. The number of hydrogen-bond donors (Lipinski definition) is 1. The van der Waals surface area contributed by atoms with Gasteiger partial charge in [-0.25, -0.2) is 4.39 Å². The van der Waals surface area contributed by atoms with Crippen LogP contribution in [0, 0.1) is 17.1 Å². The second-order valence-electron chi connectivity index (χ2n) is 2.35. The van der Waals surface area contributed by atoms with Crippen LogP contribution < -0.4 is 5.32 Å². The normalized spacial score (nSPS) is 8.92. The fourth-order valence-corrected chi connectivity index (χ4v) is 0.823. The summed E-state index contributed by atoms with van der Waals surface area (Å²) in [5.41, 5.74) is 0.344. The van der Waals surface area contributed by atoms with Crippen LogP contribution in [-0.2, 0) is 0 Å². The highest BCUT2D eigenvalue weighted by Gasteiger charge is 2.03. The van der Waals surface area contributed by atoms with Gasteiger partial charge >= 0.3 is 0 Å². The van der Waals surface area contributed by atoms with Gasteiger partial charge in [-0.05, 0) is 24.3 Å². The van der Waals surface area contributed by atoms with Crippen LogP contribution in [0.1, 0.15) is 10.4 Å². The molecule has 0 fully saturated rings. The molecule has 0 unspecified atom stereocenters. The molecule has 1 amide bonds. The van der Waals surface area contributed by atoms with Gasteiger partial charge in [0.05, 0.1) is 6.07 Å². The topological polar surface area (TPSA) is 52.9 Å². The van der Waals surface area contributed by atoms with Crippen molar-refractivity contribution < 1.29 is 9.18 Å². The lowest BCUT2D eigenvalue weighted by atomic mass is 10.2. The molecule has 4 heteroatoms. The Morgan fingerprint density at radius 3 is 2.62 bits per heavy atom. The first-order valence-corrected chi connectivity index (χ1v) is 3.65. The van der Waals surface area contributed by atoms with Crippen LogP contribution in [0.4, 0.5) is 4.39 Å². The monoisotopic (exact) mass is 178 g/mol. The summed E-state index contributed by atoms with van der Waals surface area (Å²) in [5.74, 6) is -0.765. The highest BCUT2D eigenvalue weighted by molar-refractivity contribution is 5.94. The molecular weight excluding hydrogens is 171 g/mol. The number of carbonyl (C=O) groups is 1.